The first-order chi connectivity index (χ1) is 8.02. The van der Waals surface area contributed by atoms with Crippen LogP contribution >= 0.6 is 0 Å². The lowest BCUT2D eigenvalue weighted by Gasteiger charge is -2.43. The van der Waals surface area contributed by atoms with E-state index in [1.165, 1.54) is 6.07 Å². The summed E-state index contributed by atoms with van der Waals surface area (Å²) in [6.07, 6.45) is 1.51. The molecule has 4 nitrogen and oxygen atoms in total. The van der Waals surface area contributed by atoms with Gasteiger partial charge in [-0.05, 0) is 26.0 Å². The first-order valence-corrected chi connectivity index (χ1v) is 5.75. The number of pyridine rings is 1. The molecule has 1 aliphatic rings. The quantitative estimate of drug-likeness (QED) is 0.841. The van der Waals surface area contributed by atoms with Gasteiger partial charge in [0.15, 0.2) is 11.6 Å². The Morgan fingerprint density at radius 1 is 1.65 bits per heavy atom. The van der Waals surface area contributed by atoms with E-state index in [0.29, 0.717) is 25.5 Å². The molecular weight excluding hydrogens is 221 g/mol. The SMILES string of the molecule is CC1(C)CN(c2ncccc2F)CC(CN)O1. The molecule has 1 aromatic rings. The lowest BCUT2D eigenvalue weighted by molar-refractivity contribution is -0.0791. The van der Waals surface area contributed by atoms with E-state index in [1.807, 2.05) is 18.7 Å². The van der Waals surface area contributed by atoms with E-state index in [4.69, 9.17) is 10.5 Å². The molecule has 2 rings (SSSR count). The fourth-order valence-electron chi connectivity index (χ4n) is 2.19. The normalized spacial score (nSPS) is 23.8. The van der Waals surface area contributed by atoms with Gasteiger partial charge in [-0.1, -0.05) is 0 Å². The number of anilines is 1. The molecule has 94 valence electrons. The third-order valence-corrected chi connectivity index (χ3v) is 2.78. The zero-order valence-corrected chi connectivity index (χ0v) is 10.2. The number of morpholine rings is 1. The van der Waals surface area contributed by atoms with Crippen LogP contribution in [0, 0.1) is 5.82 Å². The van der Waals surface area contributed by atoms with Crippen molar-refractivity contribution in [3.05, 3.63) is 24.1 Å². The Bertz CT molecular complexity index is 397. The highest BCUT2D eigenvalue weighted by atomic mass is 19.1. The molecule has 2 N–H and O–H groups in total. The first kappa shape index (κ1) is 12.3. The molecule has 0 bridgehead atoms. The molecule has 1 aromatic heterocycles. The van der Waals surface area contributed by atoms with Crippen molar-refractivity contribution >= 4 is 5.82 Å². The maximum Gasteiger partial charge on any atom is 0.165 e. The van der Waals surface area contributed by atoms with E-state index < -0.39 is 0 Å². The maximum absolute atomic E-state index is 13.7. The van der Waals surface area contributed by atoms with E-state index in [0.717, 1.165) is 0 Å². The number of nitrogens with two attached hydrogens (primary N) is 1. The van der Waals surface area contributed by atoms with Crippen LogP contribution in [0.25, 0.3) is 0 Å². The van der Waals surface area contributed by atoms with Gasteiger partial charge in [0.1, 0.15) is 0 Å². The lowest BCUT2D eigenvalue weighted by Crippen LogP contribution is -2.55. The van der Waals surface area contributed by atoms with Crippen LogP contribution in [0.15, 0.2) is 18.3 Å². The van der Waals surface area contributed by atoms with Crippen LogP contribution in [0.2, 0.25) is 0 Å². The lowest BCUT2D eigenvalue weighted by atomic mass is 10.1. The molecule has 0 spiro atoms. The summed E-state index contributed by atoms with van der Waals surface area (Å²) in [7, 11) is 0. The van der Waals surface area contributed by atoms with Crippen LogP contribution in [-0.4, -0.2) is 36.3 Å². The minimum atomic E-state index is -0.341. The Morgan fingerprint density at radius 3 is 3.06 bits per heavy atom. The summed E-state index contributed by atoms with van der Waals surface area (Å²) in [4.78, 5) is 5.99. The van der Waals surface area contributed by atoms with Crippen LogP contribution in [0.5, 0.6) is 0 Å². The Morgan fingerprint density at radius 2 is 2.41 bits per heavy atom. The number of aromatic nitrogens is 1. The average molecular weight is 239 g/mol. The molecule has 1 aliphatic heterocycles. The van der Waals surface area contributed by atoms with Crippen molar-refractivity contribution < 1.29 is 9.13 Å². The smallest absolute Gasteiger partial charge is 0.165 e. The second-order valence-electron chi connectivity index (χ2n) is 4.92. The summed E-state index contributed by atoms with van der Waals surface area (Å²) in [5.74, 6) is 0.0725. The monoisotopic (exact) mass is 239 g/mol. The summed E-state index contributed by atoms with van der Waals surface area (Å²) in [5.41, 5.74) is 5.30. The van der Waals surface area contributed by atoms with Crippen LogP contribution in [0.4, 0.5) is 10.2 Å². The van der Waals surface area contributed by atoms with Crippen molar-refractivity contribution in [3.8, 4) is 0 Å². The van der Waals surface area contributed by atoms with Crippen LogP contribution in [-0.2, 0) is 4.74 Å². The summed E-state index contributed by atoms with van der Waals surface area (Å²) in [5, 5.41) is 0. The van der Waals surface area contributed by atoms with E-state index >= 15 is 0 Å². The maximum atomic E-state index is 13.7. The van der Waals surface area contributed by atoms with E-state index in [9.17, 15) is 4.39 Å². The predicted octanol–water partition coefficient (Wildman–Crippen LogP) is 1.16. The number of hydrogen-bond acceptors (Lipinski definition) is 4. The Labute approximate surface area is 101 Å². The molecular formula is C12H18FN3O. The van der Waals surface area contributed by atoms with Gasteiger partial charge in [-0.15, -0.1) is 0 Å². The summed E-state index contributed by atoms with van der Waals surface area (Å²) in [6.45, 7) is 5.56. The summed E-state index contributed by atoms with van der Waals surface area (Å²) < 4.78 is 19.5. The van der Waals surface area contributed by atoms with Crippen molar-refractivity contribution in [2.24, 2.45) is 5.73 Å². The number of ether oxygens (including phenoxy) is 1. The fraction of sp³-hybridized carbons (Fsp3) is 0.583. The molecule has 0 aliphatic carbocycles. The van der Waals surface area contributed by atoms with Gasteiger partial charge < -0.3 is 15.4 Å². The van der Waals surface area contributed by atoms with E-state index in [2.05, 4.69) is 4.98 Å². The van der Waals surface area contributed by atoms with Gasteiger partial charge in [-0.3, -0.25) is 0 Å². The minimum absolute atomic E-state index is 0.0832. The molecule has 1 atom stereocenters. The van der Waals surface area contributed by atoms with Crippen molar-refractivity contribution in [2.75, 3.05) is 24.5 Å². The predicted molar refractivity (Wildman–Crippen MR) is 64.4 cm³/mol. The zero-order valence-electron chi connectivity index (χ0n) is 10.2. The Balaban J connectivity index is 2.24. The largest absolute Gasteiger partial charge is 0.367 e. The third-order valence-electron chi connectivity index (χ3n) is 2.78. The van der Waals surface area contributed by atoms with E-state index in [1.54, 1.807) is 12.3 Å². The van der Waals surface area contributed by atoms with E-state index in [-0.39, 0.29) is 17.5 Å². The van der Waals surface area contributed by atoms with Crippen molar-refractivity contribution in [3.63, 3.8) is 0 Å². The molecule has 2 heterocycles. The molecule has 0 saturated carbocycles. The second-order valence-corrected chi connectivity index (χ2v) is 4.92. The van der Waals surface area contributed by atoms with Gasteiger partial charge >= 0.3 is 0 Å². The Hall–Kier alpha value is -1.20. The summed E-state index contributed by atoms with van der Waals surface area (Å²) in [6, 6.07) is 3.01. The minimum Gasteiger partial charge on any atom is -0.367 e. The second kappa shape index (κ2) is 4.58. The van der Waals surface area contributed by atoms with Gasteiger partial charge in [0.05, 0.1) is 11.7 Å². The fourth-order valence-corrected chi connectivity index (χ4v) is 2.19. The Kier molecular flexibility index (Phi) is 3.31. The average Bonchev–Trinajstić information content (AvgIpc) is 2.27. The standard InChI is InChI=1S/C12H18FN3O/c1-12(2)8-16(7-9(6-14)17-12)11-10(13)4-3-5-15-11/h3-5,9H,6-8,14H2,1-2H3. The third kappa shape index (κ3) is 2.73. The number of halogens is 1. The van der Waals surface area contributed by atoms with Crippen molar-refractivity contribution in [1.82, 2.24) is 4.98 Å². The van der Waals surface area contributed by atoms with Gasteiger partial charge in [0.2, 0.25) is 0 Å². The topological polar surface area (TPSA) is 51.4 Å². The van der Waals surface area contributed by atoms with Crippen molar-refractivity contribution in [1.29, 1.82) is 0 Å². The van der Waals surface area contributed by atoms with Crippen LogP contribution in [0.1, 0.15) is 13.8 Å². The zero-order chi connectivity index (χ0) is 12.5. The van der Waals surface area contributed by atoms with Crippen LogP contribution < -0.4 is 10.6 Å². The molecule has 1 saturated heterocycles. The highest BCUT2D eigenvalue weighted by Gasteiger charge is 2.34. The molecule has 5 heteroatoms. The molecule has 0 radical (unpaired) electrons. The highest BCUT2D eigenvalue weighted by Crippen LogP contribution is 2.25. The van der Waals surface area contributed by atoms with Gasteiger partial charge in [-0.25, -0.2) is 9.37 Å². The molecule has 1 unspecified atom stereocenters. The number of rotatable bonds is 2. The van der Waals surface area contributed by atoms with Gasteiger partial charge in [0.25, 0.3) is 0 Å². The highest BCUT2D eigenvalue weighted by molar-refractivity contribution is 5.41. The van der Waals surface area contributed by atoms with Crippen LogP contribution in [0.3, 0.4) is 0 Å². The molecule has 0 aromatic carbocycles. The first-order valence-electron chi connectivity index (χ1n) is 5.75. The van der Waals surface area contributed by atoms with Gasteiger partial charge in [0, 0.05) is 25.8 Å². The molecule has 17 heavy (non-hydrogen) atoms. The number of nitrogens with zero attached hydrogens (tertiary/aromatic N) is 2. The number of hydrogen-bond donors (Lipinski definition) is 1. The summed E-state index contributed by atoms with van der Waals surface area (Å²) >= 11 is 0. The molecule has 0 amide bonds. The van der Waals surface area contributed by atoms with Crippen molar-refractivity contribution in [2.45, 2.75) is 25.6 Å². The molecule has 1 fully saturated rings. The van der Waals surface area contributed by atoms with Gasteiger partial charge in [-0.2, -0.15) is 0 Å².